The molecular weight excluding hydrogens is 216 g/mol. The summed E-state index contributed by atoms with van der Waals surface area (Å²) in [6.45, 7) is 0.348. The molecule has 2 saturated heterocycles. The molecule has 0 aromatic rings. The Balaban J connectivity index is 2.43. The highest BCUT2D eigenvalue weighted by molar-refractivity contribution is 8.10. The molecule has 0 radical (unpaired) electrons. The van der Waals surface area contributed by atoms with Gasteiger partial charge in [-0.15, -0.1) is 0 Å². The van der Waals surface area contributed by atoms with Crippen molar-refractivity contribution in [1.29, 1.82) is 0 Å². The number of hydrogen-bond acceptors (Lipinski definition) is 5. The van der Waals surface area contributed by atoms with Crippen LogP contribution in [0.2, 0.25) is 0 Å². The van der Waals surface area contributed by atoms with Gasteiger partial charge in [0, 0.05) is 12.9 Å². The van der Waals surface area contributed by atoms with Crippen molar-refractivity contribution in [1.82, 2.24) is 0 Å². The molecule has 0 aliphatic carbocycles. The van der Waals surface area contributed by atoms with E-state index < -0.39 is 35.6 Å². The summed E-state index contributed by atoms with van der Waals surface area (Å²) in [4.78, 5) is 0. The van der Waals surface area contributed by atoms with E-state index in [0.717, 1.165) is 6.26 Å². The van der Waals surface area contributed by atoms with Crippen LogP contribution in [0.4, 0.5) is 0 Å². The monoisotopic (exact) mass is 226 g/mol. The minimum absolute atomic E-state index is 0.348. The Hall–Kier alpha value is -0.140. The molecule has 0 amide bonds. The molecule has 0 unspecified atom stereocenters. The zero-order chi connectivity index (χ0) is 9.85. The summed E-state index contributed by atoms with van der Waals surface area (Å²) in [7, 11) is -7.01. The fourth-order valence-corrected chi connectivity index (χ4v) is 6.93. The van der Waals surface area contributed by atoms with Crippen LogP contribution in [0.15, 0.2) is 0 Å². The average Bonchev–Trinajstić information content (AvgIpc) is 2.28. The van der Waals surface area contributed by atoms with Gasteiger partial charge in [0.2, 0.25) is 0 Å². The Kier molecular flexibility index (Phi) is 1.78. The Morgan fingerprint density at radius 1 is 1.38 bits per heavy atom. The third-order valence-electron chi connectivity index (χ3n) is 2.52. The Morgan fingerprint density at radius 3 is 2.54 bits per heavy atom. The predicted octanol–water partition coefficient (Wildman–Crippen LogP) is -1.06. The van der Waals surface area contributed by atoms with E-state index in [1.807, 2.05) is 0 Å². The summed E-state index contributed by atoms with van der Waals surface area (Å²) in [6.07, 6.45) is 0.756. The van der Waals surface area contributed by atoms with Crippen LogP contribution in [0.5, 0.6) is 0 Å². The highest BCUT2D eigenvalue weighted by atomic mass is 32.3. The summed E-state index contributed by atoms with van der Waals surface area (Å²) < 4.78 is 48.8. The van der Waals surface area contributed by atoms with Crippen molar-refractivity contribution in [3.8, 4) is 0 Å². The zero-order valence-electron chi connectivity index (χ0n) is 7.00. The van der Waals surface area contributed by atoms with Gasteiger partial charge in [-0.2, -0.15) is 0 Å². The second-order valence-electron chi connectivity index (χ2n) is 3.45. The van der Waals surface area contributed by atoms with E-state index in [0.29, 0.717) is 13.0 Å². The van der Waals surface area contributed by atoms with E-state index in [2.05, 4.69) is 0 Å². The lowest BCUT2D eigenvalue weighted by Gasteiger charge is -2.36. The smallest absolute Gasteiger partial charge is 0.190 e. The molecule has 2 fully saturated rings. The Labute approximate surface area is 76.9 Å². The van der Waals surface area contributed by atoms with Crippen LogP contribution >= 0.6 is 0 Å². The van der Waals surface area contributed by atoms with Crippen LogP contribution in [0.1, 0.15) is 6.42 Å². The molecule has 0 bridgehead atoms. The highest BCUT2D eigenvalue weighted by Gasteiger charge is 2.63. The standard InChI is InChI=1S/C6H10O5S2/c1-12(7,8)6-5-4(2-3-11-5)13(6,9)10/h4-6H,2-3H2,1H3/t4-,5+,6+/m1/s1. The van der Waals surface area contributed by atoms with Gasteiger partial charge in [-0.05, 0) is 6.42 Å². The van der Waals surface area contributed by atoms with Gasteiger partial charge in [-0.1, -0.05) is 0 Å². The molecule has 0 saturated carbocycles. The topological polar surface area (TPSA) is 77.5 Å². The quantitative estimate of drug-likeness (QED) is 0.569. The van der Waals surface area contributed by atoms with Crippen molar-refractivity contribution in [2.45, 2.75) is 22.4 Å². The molecule has 2 aliphatic heterocycles. The van der Waals surface area contributed by atoms with Crippen molar-refractivity contribution in [3.63, 3.8) is 0 Å². The minimum atomic E-state index is -3.54. The maximum absolute atomic E-state index is 11.4. The van der Waals surface area contributed by atoms with Crippen LogP contribution in [0.25, 0.3) is 0 Å². The molecule has 3 atom stereocenters. The molecule has 13 heavy (non-hydrogen) atoms. The summed E-state index contributed by atoms with van der Waals surface area (Å²) in [5.74, 6) is 0. The van der Waals surface area contributed by atoms with Crippen LogP contribution in [0, 0.1) is 0 Å². The third kappa shape index (κ3) is 1.14. The van der Waals surface area contributed by atoms with Crippen LogP contribution in [0.3, 0.4) is 0 Å². The molecule has 0 aromatic carbocycles. The van der Waals surface area contributed by atoms with Crippen LogP contribution in [-0.2, 0) is 24.4 Å². The first-order valence-corrected chi connectivity index (χ1v) is 7.45. The lowest BCUT2D eigenvalue weighted by atomic mass is 10.2. The molecule has 2 heterocycles. The average molecular weight is 226 g/mol. The van der Waals surface area contributed by atoms with Gasteiger partial charge in [0.15, 0.2) is 24.3 Å². The molecule has 7 heteroatoms. The van der Waals surface area contributed by atoms with E-state index in [-0.39, 0.29) is 0 Å². The zero-order valence-corrected chi connectivity index (χ0v) is 8.64. The summed E-state index contributed by atoms with van der Waals surface area (Å²) in [5.41, 5.74) is 0. The first-order valence-electron chi connectivity index (χ1n) is 3.88. The SMILES string of the molecule is CS(=O)(=O)[C@@H]1[C@H]2OCC[C@H]2S1(=O)=O. The molecule has 0 spiro atoms. The number of sulfone groups is 2. The number of fused-ring (bicyclic) bond motifs is 1. The molecular formula is C6H10O5S2. The van der Waals surface area contributed by atoms with E-state index >= 15 is 0 Å². The van der Waals surface area contributed by atoms with Crippen molar-refractivity contribution in [2.75, 3.05) is 12.9 Å². The second kappa shape index (κ2) is 2.46. The summed E-state index contributed by atoms with van der Waals surface area (Å²) >= 11 is 0. The van der Waals surface area contributed by atoms with Crippen molar-refractivity contribution in [2.24, 2.45) is 0 Å². The fourth-order valence-electron chi connectivity index (χ4n) is 1.95. The van der Waals surface area contributed by atoms with Crippen LogP contribution < -0.4 is 0 Å². The Morgan fingerprint density at radius 2 is 2.00 bits per heavy atom. The molecule has 76 valence electrons. The maximum atomic E-state index is 11.4. The van der Waals surface area contributed by atoms with Crippen molar-refractivity contribution >= 4 is 19.7 Å². The maximum Gasteiger partial charge on any atom is 0.190 e. The van der Waals surface area contributed by atoms with Gasteiger partial charge >= 0.3 is 0 Å². The fraction of sp³-hybridized carbons (Fsp3) is 1.00. The predicted molar refractivity (Wildman–Crippen MR) is 45.7 cm³/mol. The highest BCUT2D eigenvalue weighted by Crippen LogP contribution is 2.41. The molecule has 2 aliphatic rings. The summed E-state index contributed by atoms with van der Waals surface area (Å²) in [5, 5.41) is -0.577. The van der Waals surface area contributed by atoms with E-state index in [4.69, 9.17) is 4.74 Å². The van der Waals surface area contributed by atoms with Gasteiger partial charge in [0.05, 0.1) is 5.25 Å². The van der Waals surface area contributed by atoms with Crippen LogP contribution in [-0.4, -0.2) is 45.6 Å². The van der Waals surface area contributed by atoms with E-state index in [1.165, 1.54) is 0 Å². The normalized spacial score (nSPS) is 42.4. The first-order chi connectivity index (χ1) is 5.85. The third-order valence-corrected chi connectivity index (χ3v) is 7.74. The summed E-state index contributed by atoms with van der Waals surface area (Å²) in [6, 6.07) is 0. The largest absolute Gasteiger partial charge is 0.374 e. The first kappa shape index (κ1) is 9.42. The van der Waals surface area contributed by atoms with Crippen molar-refractivity contribution in [3.05, 3.63) is 0 Å². The van der Waals surface area contributed by atoms with E-state index in [1.54, 1.807) is 0 Å². The molecule has 2 rings (SSSR count). The number of rotatable bonds is 1. The number of hydrogen-bond donors (Lipinski definition) is 0. The van der Waals surface area contributed by atoms with Crippen molar-refractivity contribution < 1.29 is 21.6 Å². The lowest BCUT2D eigenvalue weighted by Crippen LogP contribution is -2.60. The van der Waals surface area contributed by atoms with Gasteiger partial charge in [0.25, 0.3) is 0 Å². The van der Waals surface area contributed by atoms with Gasteiger partial charge in [-0.3, -0.25) is 0 Å². The van der Waals surface area contributed by atoms with Gasteiger partial charge in [-0.25, -0.2) is 16.8 Å². The van der Waals surface area contributed by atoms with Gasteiger partial charge in [0.1, 0.15) is 6.10 Å². The van der Waals surface area contributed by atoms with Gasteiger partial charge < -0.3 is 4.74 Å². The number of ether oxygens (including phenoxy) is 1. The van der Waals surface area contributed by atoms with E-state index in [9.17, 15) is 16.8 Å². The minimum Gasteiger partial charge on any atom is -0.374 e. The second-order valence-corrected chi connectivity index (χ2v) is 8.21. The lowest BCUT2D eigenvalue weighted by molar-refractivity contribution is 0.111. The molecule has 0 N–H and O–H groups in total. The molecule has 0 aromatic heterocycles. The molecule has 5 nitrogen and oxygen atoms in total. The Bertz CT molecular complexity index is 420.